The molecule has 2 aromatic heterocycles. The first-order valence-corrected chi connectivity index (χ1v) is 6.49. The molecule has 3 heterocycles. The number of carbonyl (C=O) groups is 1. The first-order chi connectivity index (χ1) is 8.29. The van der Waals surface area contributed by atoms with Crippen LogP contribution >= 0.6 is 11.3 Å². The molecule has 2 aromatic rings. The predicted molar refractivity (Wildman–Crippen MR) is 69.0 cm³/mol. The zero-order chi connectivity index (χ0) is 11.8. The van der Waals surface area contributed by atoms with Gasteiger partial charge in [-0.2, -0.15) is 0 Å². The van der Waals surface area contributed by atoms with Gasteiger partial charge in [-0.1, -0.05) is 11.6 Å². The van der Waals surface area contributed by atoms with Crippen molar-refractivity contribution in [3.63, 3.8) is 0 Å². The molecule has 0 bridgehead atoms. The number of fused-ring (bicyclic) bond motifs is 1. The first-order valence-electron chi connectivity index (χ1n) is 5.61. The Morgan fingerprint density at radius 1 is 1.53 bits per heavy atom. The fourth-order valence-electron chi connectivity index (χ4n) is 2.23. The minimum atomic E-state index is 0.663. The highest BCUT2D eigenvalue weighted by Gasteiger charge is 2.20. The van der Waals surface area contributed by atoms with Gasteiger partial charge in [0.1, 0.15) is 5.69 Å². The second-order valence-electron chi connectivity index (χ2n) is 4.25. The van der Waals surface area contributed by atoms with E-state index in [4.69, 9.17) is 0 Å². The molecule has 5 heteroatoms. The summed E-state index contributed by atoms with van der Waals surface area (Å²) in [5.41, 5.74) is 2.00. The number of carbonyl (C=O) groups excluding carboxylic acids is 1. The monoisotopic (exact) mass is 247 g/mol. The lowest BCUT2D eigenvalue weighted by Crippen LogP contribution is -2.30. The van der Waals surface area contributed by atoms with Gasteiger partial charge < -0.3 is 4.90 Å². The van der Waals surface area contributed by atoms with Gasteiger partial charge in [0.2, 0.25) is 0 Å². The number of nitrogens with zero attached hydrogens (tertiary/aromatic N) is 3. The second-order valence-corrected chi connectivity index (χ2v) is 5.13. The van der Waals surface area contributed by atoms with Gasteiger partial charge in [0.15, 0.2) is 17.1 Å². The fraction of sp³-hybridized carbons (Fsp3) is 0.333. The molecule has 4 nitrogen and oxygen atoms in total. The quantitative estimate of drug-likeness (QED) is 0.604. The van der Waals surface area contributed by atoms with Gasteiger partial charge in [-0.3, -0.25) is 9.20 Å². The Morgan fingerprint density at radius 2 is 2.41 bits per heavy atom. The molecule has 17 heavy (non-hydrogen) atoms. The van der Waals surface area contributed by atoms with Gasteiger partial charge in [0, 0.05) is 24.7 Å². The Bertz CT molecular complexity index is 596. The Kier molecular flexibility index (Phi) is 2.48. The number of aromatic nitrogens is 2. The normalized spacial score (nSPS) is 16.3. The number of anilines is 1. The largest absolute Gasteiger partial charge is 0.350 e. The number of aldehydes is 1. The number of rotatable bonds is 2. The standard InChI is InChI=1S/C12H13N3OS/c1-9-3-2-4-14(7-9)11-10(8-16)15-5-6-17-12(15)13-11/h3,5-6,8H,2,4,7H2,1H3. The van der Waals surface area contributed by atoms with E-state index in [0.717, 1.165) is 36.6 Å². The molecule has 0 unspecified atom stereocenters. The van der Waals surface area contributed by atoms with E-state index in [0.29, 0.717) is 5.69 Å². The van der Waals surface area contributed by atoms with Gasteiger partial charge in [-0.15, -0.1) is 11.3 Å². The van der Waals surface area contributed by atoms with Crippen LogP contribution in [0.15, 0.2) is 23.2 Å². The van der Waals surface area contributed by atoms with Gasteiger partial charge in [-0.05, 0) is 13.3 Å². The average molecular weight is 247 g/mol. The Morgan fingerprint density at radius 3 is 3.18 bits per heavy atom. The zero-order valence-electron chi connectivity index (χ0n) is 9.59. The van der Waals surface area contributed by atoms with Crippen molar-refractivity contribution < 1.29 is 4.79 Å². The SMILES string of the molecule is CC1=CCCN(c2nc3sccn3c2C=O)C1. The molecule has 0 radical (unpaired) electrons. The molecule has 1 aliphatic heterocycles. The van der Waals surface area contributed by atoms with Crippen molar-refractivity contribution in [1.29, 1.82) is 0 Å². The van der Waals surface area contributed by atoms with Crippen LogP contribution < -0.4 is 4.90 Å². The average Bonchev–Trinajstić information content (AvgIpc) is 2.88. The molecule has 0 saturated carbocycles. The lowest BCUT2D eigenvalue weighted by atomic mass is 10.1. The summed E-state index contributed by atoms with van der Waals surface area (Å²) >= 11 is 1.55. The van der Waals surface area contributed by atoms with Crippen LogP contribution in [0.25, 0.3) is 4.96 Å². The van der Waals surface area contributed by atoms with Crippen molar-refractivity contribution in [2.24, 2.45) is 0 Å². The minimum absolute atomic E-state index is 0.663. The molecular formula is C12H13N3OS. The number of thiazole rings is 1. The highest BCUT2D eigenvalue weighted by atomic mass is 32.1. The molecule has 0 atom stereocenters. The smallest absolute Gasteiger partial charge is 0.196 e. The lowest BCUT2D eigenvalue weighted by Gasteiger charge is -2.26. The highest BCUT2D eigenvalue weighted by Crippen LogP contribution is 2.25. The van der Waals surface area contributed by atoms with Crippen LogP contribution in [0, 0.1) is 0 Å². The fourth-order valence-corrected chi connectivity index (χ4v) is 2.94. The summed E-state index contributed by atoms with van der Waals surface area (Å²) in [6.45, 7) is 3.92. The summed E-state index contributed by atoms with van der Waals surface area (Å²) < 4.78 is 1.86. The first kappa shape index (κ1) is 10.5. The van der Waals surface area contributed by atoms with Crippen LogP contribution in [0.5, 0.6) is 0 Å². The molecular weight excluding hydrogens is 234 g/mol. The molecule has 0 N–H and O–H groups in total. The molecule has 1 aliphatic rings. The maximum atomic E-state index is 11.2. The van der Waals surface area contributed by atoms with Crippen LogP contribution in [0.1, 0.15) is 23.8 Å². The molecule has 0 fully saturated rings. The zero-order valence-corrected chi connectivity index (χ0v) is 10.4. The lowest BCUT2D eigenvalue weighted by molar-refractivity contribution is 0.111. The van der Waals surface area contributed by atoms with E-state index in [1.165, 1.54) is 5.57 Å². The number of hydrogen-bond acceptors (Lipinski definition) is 4. The molecule has 0 spiro atoms. The van der Waals surface area contributed by atoms with E-state index in [9.17, 15) is 4.79 Å². The maximum absolute atomic E-state index is 11.2. The Balaban J connectivity index is 2.07. The van der Waals surface area contributed by atoms with Crippen molar-refractivity contribution >= 4 is 28.4 Å². The van der Waals surface area contributed by atoms with Crippen LogP contribution in [0.3, 0.4) is 0 Å². The maximum Gasteiger partial charge on any atom is 0.196 e. The van der Waals surface area contributed by atoms with Gasteiger partial charge in [0.05, 0.1) is 0 Å². The Hall–Kier alpha value is -1.62. The third kappa shape index (κ3) is 1.67. The molecule has 0 saturated heterocycles. The van der Waals surface area contributed by atoms with Crippen molar-refractivity contribution in [2.45, 2.75) is 13.3 Å². The summed E-state index contributed by atoms with van der Waals surface area (Å²) in [4.78, 5) is 18.8. The Labute approximate surface area is 103 Å². The second kappa shape index (κ2) is 4.00. The van der Waals surface area contributed by atoms with Crippen molar-refractivity contribution in [1.82, 2.24) is 9.38 Å². The number of imidazole rings is 1. The van der Waals surface area contributed by atoms with E-state index in [1.807, 2.05) is 16.0 Å². The summed E-state index contributed by atoms with van der Waals surface area (Å²) in [7, 11) is 0. The topological polar surface area (TPSA) is 37.6 Å². The summed E-state index contributed by atoms with van der Waals surface area (Å²) in [5.74, 6) is 0.819. The summed E-state index contributed by atoms with van der Waals surface area (Å²) in [6.07, 6.45) is 6.06. The van der Waals surface area contributed by atoms with Crippen LogP contribution in [-0.4, -0.2) is 28.8 Å². The van der Waals surface area contributed by atoms with Gasteiger partial charge in [-0.25, -0.2) is 4.98 Å². The summed E-state index contributed by atoms with van der Waals surface area (Å²) in [6, 6.07) is 0. The molecule has 3 rings (SSSR count). The van der Waals surface area contributed by atoms with Crippen LogP contribution in [0.2, 0.25) is 0 Å². The van der Waals surface area contributed by atoms with Gasteiger partial charge in [0.25, 0.3) is 0 Å². The van der Waals surface area contributed by atoms with E-state index in [1.54, 1.807) is 11.3 Å². The van der Waals surface area contributed by atoms with E-state index < -0.39 is 0 Å². The van der Waals surface area contributed by atoms with Gasteiger partial charge >= 0.3 is 0 Å². The van der Waals surface area contributed by atoms with Crippen molar-refractivity contribution in [3.8, 4) is 0 Å². The van der Waals surface area contributed by atoms with Crippen LogP contribution in [-0.2, 0) is 0 Å². The molecule has 0 aromatic carbocycles. The third-order valence-corrected chi connectivity index (χ3v) is 3.78. The van der Waals surface area contributed by atoms with E-state index >= 15 is 0 Å². The summed E-state index contributed by atoms with van der Waals surface area (Å²) in [5, 5.41) is 1.94. The van der Waals surface area contributed by atoms with E-state index in [2.05, 4.69) is 22.9 Å². The predicted octanol–water partition coefficient (Wildman–Crippen LogP) is 2.36. The molecule has 0 aliphatic carbocycles. The van der Waals surface area contributed by atoms with E-state index in [-0.39, 0.29) is 0 Å². The third-order valence-electron chi connectivity index (χ3n) is 3.02. The van der Waals surface area contributed by atoms with Crippen molar-refractivity contribution in [3.05, 3.63) is 28.9 Å². The minimum Gasteiger partial charge on any atom is -0.350 e. The van der Waals surface area contributed by atoms with Crippen molar-refractivity contribution in [2.75, 3.05) is 18.0 Å². The molecule has 0 amide bonds. The molecule has 88 valence electrons. The van der Waals surface area contributed by atoms with Crippen LogP contribution in [0.4, 0.5) is 5.82 Å². The number of hydrogen-bond donors (Lipinski definition) is 0. The highest BCUT2D eigenvalue weighted by molar-refractivity contribution is 7.15.